The van der Waals surface area contributed by atoms with Crippen LogP contribution < -0.4 is 0 Å². The number of nitriles is 1. The Labute approximate surface area is 197 Å². The minimum absolute atomic E-state index is 0.228. The summed E-state index contributed by atoms with van der Waals surface area (Å²) in [5.74, 6) is 6.02. The predicted molar refractivity (Wildman–Crippen MR) is 125 cm³/mol. The van der Waals surface area contributed by atoms with Gasteiger partial charge in [-0.05, 0) is 79.8 Å². The molecule has 0 radical (unpaired) electrons. The number of ether oxygens (including phenoxy) is 1. The fourth-order valence-corrected chi connectivity index (χ4v) is 3.36. The summed E-state index contributed by atoms with van der Waals surface area (Å²) in [6, 6.07) is 9.98. The molecule has 1 aliphatic rings. The van der Waals surface area contributed by atoms with Crippen molar-refractivity contribution in [2.24, 2.45) is 5.92 Å². The zero-order chi connectivity index (χ0) is 24.7. The summed E-state index contributed by atoms with van der Waals surface area (Å²) in [5, 5.41) is 18.7. The second kappa shape index (κ2) is 10.8. The third kappa shape index (κ3) is 6.56. The first-order chi connectivity index (χ1) is 16.2. The van der Waals surface area contributed by atoms with Crippen molar-refractivity contribution in [3.63, 3.8) is 0 Å². The molecule has 174 valence electrons. The largest absolute Gasteiger partial charge is 0.508 e. The number of halogens is 3. The van der Waals surface area contributed by atoms with Crippen molar-refractivity contribution in [3.8, 4) is 23.7 Å². The number of hydrogen-bond donors (Lipinski definition) is 1. The van der Waals surface area contributed by atoms with Gasteiger partial charge in [0.15, 0.2) is 0 Å². The first kappa shape index (κ1) is 24.7. The zero-order valence-electron chi connectivity index (χ0n) is 18.9. The number of alkyl halides is 3. The zero-order valence-corrected chi connectivity index (χ0v) is 18.9. The van der Waals surface area contributed by atoms with E-state index >= 15 is 0 Å². The standard InChI is InChI=1S/C28H24F3NO2/c1-19-5-13-26(14-6-20(19)2)34-15-3-4-24-16-21(18-32)7-8-22(24)9-10-23-11-12-25(33)17-27(23)28(29,30)31/h5-8,11-14,16-17,19,33H,3-4,15H2,1-2H3. The van der Waals surface area contributed by atoms with E-state index in [9.17, 15) is 23.5 Å². The molecule has 3 nitrogen and oxygen atoms in total. The Balaban J connectivity index is 1.76. The summed E-state index contributed by atoms with van der Waals surface area (Å²) in [6.07, 6.45) is 4.53. The van der Waals surface area contributed by atoms with Crippen molar-refractivity contribution in [1.82, 2.24) is 0 Å². The topological polar surface area (TPSA) is 53.2 Å². The summed E-state index contributed by atoms with van der Waals surface area (Å²) in [6.45, 7) is 4.62. The lowest BCUT2D eigenvalue weighted by atomic mass is 9.99. The normalized spacial score (nSPS) is 15.4. The SMILES string of the molecule is CC1=CC=C(OCCCc2cc(C#N)ccc2C#Cc2ccc(O)cc2C(F)(F)F)C=CC1C. The van der Waals surface area contributed by atoms with Gasteiger partial charge in [0.2, 0.25) is 0 Å². The van der Waals surface area contributed by atoms with Crippen LogP contribution in [0.25, 0.3) is 0 Å². The molecule has 6 heteroatoms. The van der Waals surface area contributed by atoms with Gasteiger partial charge in [-0.2, -0.15) is 18.4 Å². The van der Waals surface area contributed by atoms with E-state index in [2.05, 4.69) is 37.8 Å². The summed E-state index contributed by atoms with van der Waals surface area (Å²) in [4.78, 5) is 0. The minimum Gasteiger partial charge on any atom is -0.508 e. The summed E-state index contributed by atoms with van der Waals surface area (Å²) in [7, 11) is 0. The van der Waals surface area contributed by atoms with Crippen LogP contribution in [0, 0.1) is 29.1 Å². The number of rotatable bonds is 5. The Kier molecular flexibility index (Phi) is 7.87. The minimum atomic E-state index is -4.64. The Bertz CT molecular complexity index is 1250. The van der Waals surface area contributed by atoms with Crippen molar-refractivity contribution in [1.29, 1.82) is 5.26 Å². The molecule has 0 fully saturated rings. The highest BCUT2D eigenvalue weighted by molar-refractivity contribution is 5.53. The van der Waals surface area contributed by atoms with Gasteiger partial charge in [-0.15, -0.1) is 0 Å². The van der Waals surface area contributed by atoms with E-state index in [4.69, 9.17) is 4.74 Å². The van der Waals surface area contributed by atoms with Gasteiger partial charge in [-0.3, -0.25) is 0 Å². The van der Waals surface area contributed by atoms with Crippen LogP contribution in [0.5, 0.6) is 5.75 Å². The number of aryl methyl sites for hydroxylation is 1. The van der Waals surface area contributed by atoms with Gasteiger partial charge in [0, 0.05) is 11.1 Å². The van der Waals surface area contributed by atoms with Crippen molar-refractivity contribution in [2.45, 2.75) is 32.9 Å². The van der Waals surface area contributed by atoms with Crippen LogP contribution in [-0.4, -0.2) is 11.7 Å². The Morgan fingerprint density at radius 2 is 1.79 bits per heavy atom. The molecule has 0 saturated heterocycles. The second-order valence-corrected chi connectivity index (χ2v) is 8.04. The highest BCUT2D eigenvalue weighted by Crippen LogP contribution is 2.34. The van der Waals surface area contributed by atoms with Crippen molar-refractivity contribution in [3.05, 3.63) is 99.9 Å². The Hall–Kier alpha value is -3.90. The van der Waals surface area contributed by atoms with Gasteiger partial charge >= 0.3 is 6.18 Å². The van der Waals surface area contributed by atoms with Gasteiger partial charge in [0.1, 0.15) is 11.5 Å². The fourth-order valence-electron chi connectivity index (χ4n) is 3.36. The van der Waals surface area contributed by atoms with E-state index in [0.29, 0.717) is 42.6 Å². The molecule has 0 bridgehead atoms. The quantitative estimate of drug-likeness (QED) is 0.398. The molecule has 0 aromatic heterocycles. The molecule has 34 heavy (non-hydrogen) atoms. The molecule has 1 atom stereocenters. The van der Waals surface area contributed by atoms with Crippen LogP contribution in [0.4, 0.5) is 13.2 Å². The first-order valence-corrected chi connectivity index (χ1v) is 10.8. The highest BCUT2D eigenvalue weighted by Gasteiger charge is 2.33. The molecule has 0 spiro atoms. The number of phenolic OH excluding ortho intramolecular Hbond substituents is 1. The average molecular weight is 463 g/mol. The van der Waals surface area contributed by atoms with E-state index in [1.54, 1.807) is 18.2 Å². The van der Waals surface area contributed by atoms with Gasteiger partial charge < -0.3 is 9.84 Å². The lowest BCUT2D eigenvalue weighted by Gasteiger charge is -2.10. The Morgan fingerprint density at radius 1 is 1.06 bits per heavy atom. The number of hydrogen-bond acceptors (Lipinski definition) is 3. The average Bonchev–Trinajstić information content (AvgIpc) is 2.96. The molecule has 1 unspecified atom stereocenters. The van der Waals surface area contributed by atoms with Crippen molar-refractivity contribution < 1.29 is 23.0 Å². The number of allylic oxidation sites excluding steroid dienone is 5. The third-order valence-corrected chi connectivity index (χ3v) is 5.51. The maximum absolute atomic E-state index is 13.3. The van der Waals surface area contributed by atoms with Crippen LogP contribution in [0.15, 0.2) is 72.0 Å². The van der Waals surface area contributed by atoms with E-state index in [1.165, 1.54) is 11.6 Å². The van der Waals surface area contributed by atoms with E-state index < -0.39 is 17.5 Å². The van der Waals surface area contributed by atoms with E-state index in [0.717, 1.165) is 17.4 Å². The van der Waals surface area contributed by atoms with Crippen LogP contribution >= 0.6 is 0 Å². The van der Waals surface area contributed by atoms with Gasteiger partial charge in [0.25, 0.3) is 0 Å². The molecule has 2 aromatic carbocycles. The molecule has 0 amide bonds. The number of benzene rings is 2. The van der Waals surface area contributed by atoms with Crippen LogP contribution in [0.3, 0.4) is 0 Å². The number of nitrogens with zero attached hydrogens (tertiary/aromatic N) is 1. The van der Waals surface area contributed by atoms with Crippen LogP contribution in [0.2, 0.25) is 0 Å². The summed E-state index contributed by atoms with van der Waals surface area (Å²) >= 11 is 0. The van der Waals surface area contributed by atoms with E-state index in [1.807, 2.05) is 18.2 Å². The maximum Gasteiger partial charge on any atom is 0.417 e. The monoisotopic (exact) mass is 463 g/mol. The molecule has 1 N–H and O–H groups in total. The van der Waals surface area contributed by atoms with Crippen LogP contribution in [-0.2, 0) is 17.3 Å². The van der Waals surface area contributed by atoms with Crippen LogP contribution in [0.1, 0.15) is 48.1 Å². The molecular weight excluding hydrogens is 439 g/mol. The molecular formula is C28H24F3NO2. The molecule has 2 aromatic rings. The molecule has 0 heterocycles. The number of aromatic hydroxyl groups is 1. The number of phenols is 1. The fraction of sp³-hybridized carbons (Fsp3) is 0.250. The first-order valence-electron chi connectivity index (χ1n) is 10.8. The third-order valence-electron chi connectivity index (χ3n) is 5.51. The van der Waals surface area contributed by atoms with E-state index in [-0.39, 0.29) is 5.56 Å². The Morgan fingerprint density at radius 3 is 2.53 bits per heavy atom. The molecule has 3 rings (SSSR count). The lowest BCUT2D eigenvalue weighted by Crippen LogP contribution is -2.07. The van der Waals surface area contributed by atoms with Gasteiger partial charge in [0.05, 0.1) is 23.8 Å². The second-order valence-electron chi connectivity index (χ2n) is 8.04. The van der Waals surface area contributed by atoms with Gasteiger partial charge in [-0.25, -0.2) is 0 Å². The van der Waals surface area contributed by atoms with Crippen molar-refractivity contribution >= 4 is 0 Å². The lowest BCUT2D eigenvalue weighted by molar-refractivity contribution is -0.137. The summed E-state index contributed by atoms with van der Waals surface area (Å²) < 4.78 is 45.8. The maximum atomic E-state index is 13.3. The van der Waals surface area contributed by atoms with Gasteiger partial charge in [-0.1, -0.05) is 36.5 Å². The summed E-state index contributed by atoms with van der Waals surface area (Å²) in [5.41, 5.74) is 1.78. The predicted octanol–water partition coefficient (Wildman–Crippen LogP) is 6.67. The smallest absolute Gasteiger partial charge is 0.417 e. The molecule has 1 aliphatic carbocycles. The molecule has 0 saturated carbocycles. The van der Waals surface area contributed by atoms with Crippen molar-refractivity contribution in [2.75, 3.05) is 6.61 Å². The molecule has 0 aliphatic heterocycles. The highest BCUT2D eigenvalue weighted by atomic mass is 19.4.